The number of ether oxygens (including phenoxy) is 2. The predicted molar refractivity (Wildman–Crippen MR) is 66.2 cm³/mol. The minimum atomic E-state index is -4.41. The van der Waals surface area contributed by atoms with Crippen molar-refractivity contribution < 1.29 is 26.8 Å². The summed E-state index contributed by atoms with van der Waals surface area (Å²) in [5.74, 6) is -0.535. The van der Waals surface area contributed by atoms with E-state index in [9.17, 15) is 12.8 Å². The first-order valence-electron chi connectivity index (χ1n) is 5.45. The molecule has 8 heteroatoms. The number of halogens is 1. The van der Waals surface area contributed by atoms with Gasteiger partial charge < -0.3 is 9.47 Å². The van der Waals surface area contributed by atoms with Gasteiger partial charge in [0.05, 0.1) is 6.04 Å². The fraction of sp³-hybridized carbons (Fsp3) is 0.455. The molecule has 0 saturated carbocycles. The molecule has 108 valence electrons. The van der Waals surface area contributed by atoms with Crippen molar-refractivity contribution in [3.63, 3.8) is 0 Å². The fourth-order valence-electron chi connectivity index (χ4n) is 1.65. The second-order valence-corrected chi connectivity index (χ2v) is 5.08. The first-order chi connectivity index (χ1) is 8.85. The van der Waals surface area contributed by atoms with Crippen LogP contribution in [0.25, 0.3) is 0 Å². The molecule has 6 nitrogen and oxygen atoms in total. The van der Waals surface area contributed by atoms with E-state index in [2.05, 4.69) is 0 Å². The number of nitrogens with one attached hydrogen (secondary N) is 1. The molecular formula is C11H16FNO5S. The van der Waals surface area contributed by atoms with E-state index in [0.29, 0.717) is 0 Å². The molecule has 0 amide bonds. The highest BCUT2D eigenvalue weighted by Gasteiger charge is 2.25. The second-order valence-electron chi connectivity index (χ2n) is 3.90. The fourth-order valence-corrected chi connectivity index (χ4v) is 2.24. The van der Waals surface area contributed by atoms with Crippen LogP contribution >= 0.6 is 0 Å². The topological polar surface area (TPSA) is 84.9 Å². The lowest BCUT2D eigenvalue weighted by Gasteiger charge is -2.24. The van der Waals surface area contributed by atoms with Gasteiger partial charge in [0, 0.05) is 12.7 Å². The van der Waals surface area contributed by atoms with Crippen LogP contribution in [0.1, 0.15) is 18.6 Å². The van der Waals surface area contributed by atoms with E-state index in [0.717, 1.165) is 0 Å². The van der Waals surface area contributed by atoms with Gasteiger partial charge in [0.2, 0.25) is 0 Å². The first-order valence-corrected chi connectivity index (χ1v) is 6.89. The first kappa shape index (κ1) is 16.0. The molecule has 0 spiro atoms. The smallest absolute Gasteiger partial charge is 0.333 e. The van der Waals surface area contributed by atoms with Crippen LogP contribution in [0, 0.1) is 5.82 Å². The Morgan fingerprint density at radius 2 is 2.05 bits per heavy atom. The molecule has 0 aliphatic rings. The summed E-state index contributed by atoms with van der Waals surface area (Å²) in [5, 5.41) is 0. The summed E-state index contributed by atoms with van der Waals surface area (Å²) in [6.07, 6.45) is -0.928. The zero-order valence-corrected chi connectivity index (χ0v) is 11.4. The lowest BCUT2D eigenvalue weighted by atomic mass is 10.0. The number of rotatable bonds is 7. The molecule has 0 heterocycles. The molecule has 0 saturated heterocycles. The SMILES string of the molecule is COCO[C@@H](c1ccccc1F)[C@H](C)NS(=O)(=O)O. The summed E-state index contributed by atoms with van der Waals surface area (Å²) < 4.78 is 56.0. The Kier molecular flexibility index (Phi) is 5.83. The third-order valence-electron chi connectivity index (χ3n) is 2.37. The van der Waals surface area contributed by atoms with Crippen LogP contribution in [-0.2, 0) is 19.8 Å². The number of benzene rings is 1. The highest BCUT2D eigenvalue weighted by molar-refractivity contribution is 7.83. The largest absolute Gasteiger partial charge is 0.359 e. The van der Waals surface area contributed by atoms with Gasteiger partial charge in [-0.15, -0.1) is 0 Å². The van der Waals surface area contributed by atoms with Gasteiger partial charge in [0.15, 0.2) is 0 Å². The van der Waals surface area contributed by atoms with E-state index in [1.807, 2.05) is 4.72 Å². The standard InChI is InChI=1S/C11H16FNO5S/c1-8(13-19(14,15)16)11(18-7-17-2)9-5-3-4-6-10(9)12/h3-6,8,11,13H,7H2,1-2H3,(H,14,15,16)/t8-,11+/m0/s1. The summed E-state index contributed by atoms with van der Waals surface area (Å²) in [6, 6.07) is 4.94. The summed E-state index contributed by atoms with van der Waals surface area (Å²) in [7, 11) is -3.02. The van der Waals surface area contributed by atoms with Crippen LogP contribution in [-0.4, -0.2) is 32.9 Å². The Labute approximate surface area is 111 Å². The average molecular weight is 293 g/mol. The quantitative estimate of drug-likeness (QED) is 0.584. The molecule has 1 rings (SSSR count). The van der Waals surface area contributed by atoms with Crippen molar-refractivity contribution in [2.75, 3.05) is 13.9 Å². The van der Waals surface area contributed by atoms with Gasteiger partial charge in [-0.2, -0.15) is 13.1 Å². The van der Waals surface area contributed by atoms with E-state index < -0.39 is 28.3 Å². The molecule has 0 bridgehead atoms. The van der Waals surface area contributed by atoms with Crippen molar-refractivity contribution in [1.29, 1.82) is 0 Å². The van der Waals surface area contributed by atoms with Gasteiger partial charge in [-0.1, -0.05) is 18.2 Å². The van der Waals surface area contributed by atoms with Gasteiger partial charge in [-0.25, -0.2) is 4.39 Å². The highest BCUT2D eigenvalue weighted by atomic mass is 32.2. The van der Waals surface area contributed by atoms with Crippen LogP contribution in [0.15, 0.2) is 24.3 Å². The predicted octanol–water partition coefficient (Wildman–Crippen LogP) is 1.27. The molecule has 19 heavy (non-hydrogen) atoms. The van der Waals surface area contributed by atoms with E-state index in [1.165, 1.54) is 32.2 Å². The van der Waals surface area contributed by atoms with Crippen LogP contribution in [0.5, 0.6) is 0 Å². The third-order valence-corrected chi connectivity index (χ3v) is 3.04. The van der Waals surface area contributed by atoms with Crippen LogP contribution < -0.4 is 4.72 Å². The Bertz CT molecular complexity index is 508. The summed E-state index contributed by atoms with van der Waals surface area (Å²) >= 11 is 0. The van der Waals surface area contributed by atoms with Gasteiger partial charge in [-0.3, -0.25) is 4.55 Å². The zero-order valence-electron chi connectivity index (χ0n) is 10.5. The molecule has 2 atom stereocenters. The second kappa shape index (κ2) is 6.92. The maximum atomic E-state index is 13.7. The third kappa shape index (κ3) is 5.21. The summed E-state index contributed by atoms with van der Waals surface area (Å²) in [5.41, 5.74) is 0.170. The van der Waals surface area contributed by atoms with E-state index in [4.69, 9.17) is 14.0 Å². The number of methoxy groups -OCH3 is 1. The highest BCUT2D eigenvalue weighted by Crippen LogP contribution is 2.24. The van der Waals surface area contributed by atoms with Crippen molar-refractivity contribution in [3.05, 3.63) is 35.6 Å². The molecule has 1 aromatic rings. The molecule has 0 fully saturated rings. The Hall–Kier alpha value is -1.06. The van der Waals surface area contributed by atoms with E-state index in [-0.39, 0.29) is 12.4 Å². The van der Waals surface area contributed by atoms with Crippen molar-refractivity contribution in [2.45, 2.75) is 19.1 Å². The Balaban J connectivity index is 2.97. The van der Waals surface area contributed by atoms with E-state index in [1.54, 1.807) is 6.07 Å². The Morgan fingerprint density at radius 1 is 1.42 bits per heavy atom. The molecule has 0 aliphatic heterocycles. The van der Waals surface area contributed by atoms with Gasteiger partial charge in [0.1, 0.15) is 18.7 Å². The molecule has 0 aliphatic carbocycles. The maximum Gasteiger partial charge on any atom is 0.333 e. The van der Waals surface area contributed by atoms with Crippen molar-refractivity contribution in [3.8, 4) is 0 Å². The van der Waals surface area contributed by atoms with Gasteiger partial charge in [-0.05, 0) is 13.0 Å². The van der Waals surface area contributed by atoms with Crippen molar-refractivity contribution in [2.24, 2.45) is 0 Å². The average Bonchev–Trinajstić information content (AvgIpc) is 2.29. The molecule has 2 N–H and O–H groups in total. The Morgan fingerprint density at radius 3 is 2.58 bits per heavy atom. The lowest BCUT2D eigenvalue weighted by molar-refractivity contribution is -0.0824. The summed E-state index contributed by atoms with van der Waals surface area (Å²) in [4.78, 5) is 0. The maximum absolute atomic E-state index is 13.7. The molecule has 0 radical (unpaired) electrons. The molecular weight excluding hydrogens is 277 g/mol. The molecule has 0 aromatic heterocycles. The molecule has 1 aromatic carbocycles. The van der Waals surface area contributed by atoms with Crippen molar-refractivity contribution in [1.82, 2.24) is 4.72 Å². The number of hydrogen-bond donors (Lipinski definition) is 2. The van der Waals surface area contributed by atoms with Gasteiger partial charge in [0.25, 0.3) is 0 Å². The van der Waals surface area contributed by atoms with Gasteiger partial charge >= 0.3 is 10.3 Å². The van der Waals surface area contributed by atoms with Crippen LogP contribution in [0.3, 0.4) is 0 Å². The van der Waals surface area contributed by atoms with E-state index >= 15 is 0 Å². The normalized spacial score (nSPS) is 15.2. The van der Waals surface area contributed by atoms with Crippen LogP contribution in [0.2, 0.25) is 0 Å². The number of hydrogen-bond acceptors (Lipinski definition) is 4. The minimum Gasteiger partial charge on any atom is -0.359 e. The minimum absolute atomic E-state index is 0.142. The lowest BCUT2D eigenvalue weighted by Crippen LogP contribution is -2.38. The monoisotopic (exact) mass is 293 g/mol. The van der Waals surface area contributed by atoms with Crippen LogP contribution in [0.4, 0.5) is 4.39 Å². The zero-order chi connectivity index (χ0) is 14.5. The summed E-state index contributed by atoms with van der Waals surface area (Å²) in [6.45, 7) is 1.30. The molecule has 0 unspecified atom stereocenters. The van der Waals surface area contributed by atoms with Crippen molar-refractivity contribution >= 4 is 10.3 Å².